The Balaban J connectivity index is 2.24. The zero-order valence-corrected chi connectivity index (χ0v) is 40.9. The first kappa shape index (κ1) is 54.0. The Labute approximate surface area is 370 Å². The number of phosphoric ester groups is 1. The zero-order chi connectivity index (χ0) is 47.2. The van der Waals surface area contributed by atoms with Crippen LogP contribution >= 0.6 is 7.82 Å². The van der Waals surface area contributed by atoms with Gasteiger partial charge < -0.3 is 35.1 Å². The maximum atomic E-state index is 13.6. The number of nitrogens with zero attached hydrogens (tertiary/aromatic N) is 1. The molecule has 62 heavy (non-hydrogen) atoms. The van der Waals surface area contributed by atoms with Crippen LogP contribution in [0.4, 0.5) is 26.7 Å². The molecular formula is C46H75N4O11P. The predicted molar refractivity (Wildman–Crippen MR) is 244 cm³/mol. The van der Waals surface area contributed by atoms with Gasteiger partial charge in [-0.3, -0.25) is 13.8 Å². The third kappa shape index (κ3) is 19.9. The van der Waals surface area contributed by atoms with Gasteiger partial charge in [0.15, 0.2) is 0 Å². The number of urea groups is 1. The molecule has 0 spiro atoms. The largest absolute Gasteiger partial charge is 0.478 e. The quantitative estimate of drug-likeness (QED) is 0.0579. The monoisotopic (exact) mass is 891 g/mol. The van der Waals surface area contributed by atoms with Crippen molar-refractivity contribution in [3.05, 3.63) is 53.6 Å². The van der Waals surface area contributed by atoms with E-state index in [1.165, 1.54) is 0 Å². The van der Waals surface area contributed by atoms with Crippen LogP contribution in [0.5, 0.6) is 0 Å². The average Bonchev–Trinajstić information content (AvgIpc) is 3.10. The first-order chi connectivity index (χ1) is 28.6. The Morgan fingerprint density at radius 3 is 1.81 bits per heavy atom. The number of benzene rings is 2. The summed E-state index contributed by atoms with van der Waals surface area (Å²) in [5.74, 6) is -1.93. The maximum Gasteiger partial charge on any atom is 0.478 e. The van der Waals surface area contributed by atoms with E-state index in [0.29, 0.717) is 29.6 Å². The highest BCUT2D eigenvalue weighted by atomic mass is 31.2. The van der Waals surface area contributed by atoms with E-state index >= 15 is 0 Å². The van der Waals surface area contributed by atoms with Crippen molar-refractivity contribution < 1.29 is 51.5 Å². The Kier molecular flexibility index (Phi) is 20.9. The lowest BCUT2D eigenvalue weighted by atomic mass is 9.92. The Morgan fingerprint density at radius 1 is 0.758 bits per heavy atom. The van der Waals surface area contributed by atoms with Gasteiger partial charge in [-0.1, -0.05) is 86.1 Å². The van der Waals surface area contributed by atoms with Crippen LogP contribution in [0.25, 0.3) is 0 Å². The molecule has 0 bridgehead atoms. The van der Waals surface area contributed by atoms with Gasteiger partial charge in [-0.15, -0.1) is 0 Å². The fourth-order valence-corrected chi connectivity index (χ4v) is 7.84. The molecule has 2 rings (SSSR count). The number of esters is 2. The molecule has 0 aliphatic rings. The average molecular weight is 891 g/mol. The minimum atomic E-state index is -4.17. The van der Waals surface area contributed by atoms with Crippen molar-refractivity contribution in [1.82, 2.24) is 5.32 Å². The molecule has 3 atom stereocenters. The van der Waals surface area contributed by atoms with Crippen LogP contribution in [0.2, 0.25) is 0 Å². The van der Waals surface area contributed by atoms with Gasteiger partial charge in [-0.2, -0.15) is 0 Å². The first-order valence-electron chi connectivity index (χ1n) is 21.6. The summed E-state index contributed by atoms with van der Waals surface area (Å²) in [6.07, 6.45) is -1.78. The standard InChI is InChI=1S/C46H75N4O11P/c1-17-34(35-20-23-38(50(26-29(2)3)27-30(4)5)37(24-35)48-43(53)47-36-21-18-33(10)19-22-36)25-39(51)58-42(32(8)9)59-41(52)40(31(6)7)49-44(54)56-28-57-62(55,60-45(11,12)13)61-46(14,15)16/h18-24,29-32,34,40,42H,17,25-28H2,1-16H3,(H,49,54)(H2,47,48,53). The normalized spacial score (nSPS) is 13.7. The first-order valence-corrected chi connectivity index (χ1v) is 23.1. The molecule has 350 valence electrons. The van der Waals surface area contributed by atoms with Crippen molar-refractivity contribution in [2.24, 2.45) is 23.7 Å². The lowest BCUT2D eigenvalue weighted by Gasteiger charge is -2.31. The second-order valence-corrected chi connectivity index (χ2v) is 20.7. The molecule has 3 unspecified atom stereocenters. The maximum absolute atomic E-state index is 13.6. The molecule has 2 aromatic rings. The molecule has 0 aliphatic carbocycles. The molecule has 0 fully saturated rings. The van der Waals surface area contributed by atoms with Crippen LogP contribution in [0.3, 0.4) is 0 Å². The van der Waals surface area contributed by atoms with Gasteiger partial charge in [-0.25, -0.2) is 23.5 Å². The number of hydrogen-bond acceptors (Lipinski definition) is 12. The van der Waals surface area contributed by atoms with Gasteiger partial charge in [-0.05, 0) is 108 Å². The second kappa shape index (κ2) is 24.0. The molecule has 0 heterocycles. The van der Waals surface area contributed by atoms with Gasteiger partial charge in [0.2, 0.25) is 13.1 Å². The minimum absolute atomic E-state index is 0.0345. The van der Waals surface area contributed by atoms with E-state index in [-0.39, 0.29) is 12.3 Å². The minimum Gasteiger partial charge on any atom is -0.425 e. The Hall–Kier alpha value is -4.17. The highest BCUT2D eigenvalue weighted by Crippen LogP contribution is 2.55. The van der Waals surface area contributed by atoms with E-state index in [0.717, 1.165) is 29.9 Å². The summed E-state index contributed by atoms with van der Waals surface area (Å²) in [5.41, 5.74) is 2.23. The number of carbonyl (C=O) groups excluding carboxylic acids is 4. The number of nitrogens with one attached hydrogen (secondary N) is 3. The summed E-state index contributed by atoms with van der Waals surface area (Å²) in [6.45, 7) is 30.2. The van der Waals surface area contributed by atoms with Crippen LogP contribution in [0, 0.1) is 30.6 Å². The van der Waals surface area contributed by atoms with Crippen molar-refractivity contribution in [2.45, 2.75) is 153 Å². The lowest BCUT2D eigenvalue weighted by Crippen LogP contribution is -2.47. The summed E-state index contributed by atoms with van der Waals surface area (Å²) >= 11 is 0. The van der Waals surface area contributed by atoms with E-state index < -0.39 is 74.0 Å². The molecule has 16 heteroatoms. The number of ether oxygens (including phenoxy) is 3. The van der Waals surface area contributed by atoms with Crippen LogP contribution < -0.4 is 20.9 Å². The van der Waals surface area contributed by atoms with E-state index in [9.17, 15) is 23.7 Å². The number of carbonyl (C=O) groups is 4. The van der Waals surface area contributed by atoms with Crippen LogP contribution in [0.1, 0.15) is 134 Å². The zero-order valence-electron chi connectivity index (χ0n) is 40.0. The van der Waals surface area contributed by atoms with E-state index in [1.54, 1.807) is 69.2 Å². The van der Waals surface area contributed by atoms with Gasteiger partial charge >= 0.3 is 31.9 Å². The number of rotatable bonds is 22. The van der Waals surface area contributed by atoms with E-state index in [4.69, 9.17) is 27.8 Å². The summed E-state index contributed by atoms with van der Waals surface area (Å²) in [4.78, 5) is 55.6. The molecule has 0 saturated heterocycles. The number of alkyl carbamates (subject to hydrolysis) is 1. The van der Waals surface area contributed by atoms with Crippen molar-refractivity contribution >= 4 is 48.9 Å². The fourth-order valence-electron chi connectivity index (χ4n) is 6.17. The summed E-state index contributed by atoms with van der Waals surface area (Å²) in [7, 11) is -4.17. The third-order valence-corrected chi connectivity index (χ3v) is 10.8. The third-order valence-electron chi connectivity index (χ3n) is 8.86. The number of aryl methyl sites for hydroxylation is 1. The molecule has 2 aromatic carbocycles. The molecular weight excluding hydrogens is 815 g/mol. The van der Waals surface area contributed by atoms with E-state index in [1.807, 2.05) is 56.3 Å². The van der Waals surface area contributed by atoms with Crippen LogP contribution in [-0.4, -0.2) is 67.5 Å². The van der Waals surface area contributed by atoms with Gasteiger partial charge in [0.25, 0.3) is 0 Å². The summed E-state index contributed by atoms with van der Waals surface area (Å²) < 4.78 is 46.2. The molecule has 3 N–H and O–H groups in total. The molecule has 0 aromatic heterocycles. The van der Waals surface area contributed by atoms with Crippen molar-refractivity contribution in [3.8, 4) is 0 Å². The van der Waals surface area contributed by atoms with Crippen molar-refractivity contribution in [3.63, 3.8) is 0 Å². The topological polar surface area (TPSA) is 180 Å². The molecule has 0 saturated carbocycles. The fraction of sp³-hybridized carbons (Fsp3) is 0.652. The predicted octanol–water partition coefficient (Wildman–Crippen LogP) is 11.2. The SMILES string of the molecule is CCC(CC(=O)OC(OC(=O)C(NC(=O)OCOP(=O)(OC(C)(C)C)OC(C)(C)C)C(C)C)C(C)C)c1ccc(N(CC(C)C)CC(C)C)c(NC(=O)Nc2ccc(C)cc2)c1. The van der Waals surface area contributed by atoms with Gasteiger partial charge in [0.1, 0.15) is 6.04 Å². The van der Waals surface area contributed by atoms with Crippen LogP contribution in [-0.2, 0) is 41.9 Å². The number of anilines is 3. The van der Waals surface area contributed by atoms with Crippen LogP contribution in [0.15, 0.2) is 42.5 Å². The second-order valence-electron chi connectivity index (χ2n) is 19.2. The van der Waals surface area contributed by atoms with Crippen molar-refractivity contribution in [2.75, 3.05) is 35.4 Å². The number of amides is 3. The lowest BCUT2D eigenvalue weighted by molar-refractivity contribution is -0.198. The molecule has 0 radical (unpaired) electrons. The molecule has 0 aliphatic heterocycles. The Morgan fingerprint density at radius 2 is 1.32 bits per heavy atom. The number of hydrogen-bond donors (Lipinski definition) is 3. The number of phosphoric acid groups is 1. The molecule has 15 nitrogen and oxygen atoms in total. The smallest absolute Gasteiger partial charge is 0.425 e. The molecule has 3 amide bonds. The Bertz CT molecular complexity index is 1770. The summed E-state index contributed by atoms with van der Waals surface area (Å²) in [6, 6.07) is 11.8. The summed E-state index contributed by atoms with van der Waals surface area (Å²) in [5, 5.41) is 8.46. The van der Waals surface area contributed by atoms with Gasteiger partial charge in [0, 0.05) is 24.7 Å². The van der Waals surface area contributed by atoms with Gasteiger partial charge in [0.05, 0.1) is 29.0 Å². The highest BCUT2D eigenvalue weighted by Gasteiger charge is 2.38. The highest BCUT2D eigenvalue weighted by molar-refractivity contribution is 7.48. The van der Waals surface area contributed by atoms with Crippen molar-refractivity contribution in [1.29, 1.82) is 0 Å². The van der Waals surface area contributed by atoms with E-state index in [2.05, 4.69) is 48.5 Å².